The van der Waals surface area contributed by atoms with Crippen molar-refractivity contribution >= 4 is 94.0 Å². The van der Waals surface area contributed by atoms with Crippen LogP contribution in [0.25, 0.3) is 65.0 Å². The fraction of sp³-hybridized carbons (Fsp3) is 0.197. The molecule has 0 aliphatic carbocycles. The molecule has 0 aliphatic rings. The van der Waals surface area contributed by atoms with Crippen molar-refractivity contribution in [3.63, 3.8) is 0 Å². The van der Waals surface area contributed by atoms with Gasteiger partial charge in [0.05, 0.1) is 0 Å². The van der Waals surface area contributed by atoms with E-state index in [4.69, 9.17) is 11.6 Å². The zero-order valence-corrected chi connectivity index (χ0v) is 45.7. The second-order valence-electron chi connectivity index (χ2n) is 20.2. The lowest BCUT2D eigenvalue weighted by atomic mass is 9.97. The van der Waals surface area contributed by atoms with E-state index < -0.39 is 0 Å². The summed E-state index contributed by atoms with van der Waals surface area (Å²) in [6, 6.07) is 64.2. The number of hydrogen-bond acceptors (Lipinski definition) is 3. The van der Waals surface area contributed by atoms with Crippen molar-refractivity contribution < 1.29 is 14.4 Å². The maximum Gasteiger partial charge on any atom is 0.195 e. The quantitative estimate of drug-likeness (QED) is 0.0674. The molecule has 0 saturated heterocycles. The van der Waals surface area contributed by atoms with Gasteiger partial charge < -0.3 is 13.7 Å². The van der Waals surface area contributed by atoms with Crippen LogP contribution in [0.2, 0.25) is 5.02 Å². The first-order chi connectivity index (χ1) is 38.3. The van der Waals surface area contributed by atoms with Crippen LogP contribution in [0.3, 0.4) is 0 Å². The zero-order valence-electron chi connectivity index (χ0n) is 44.9. The van der Waals surface area contributed by atoms with E-state index >= 15 is 0 Å². The summed E-state index contributed by atoms with van der Waals surface area (Å²) in [7, 11) is 0. The van der Waals surface area contributed by atoms with Gasteiger partial charge in [-0.1, -0.05) is 228 Å². The van der Waals surface area contributed by atoms with Gasteiger partial charge in [-0.2, -0.15) is 0 Å². The lowest BCUT2D eigenvalue weighted by Crippen LogP contribution is -2.02. The van der Waals surface area contributed by atoms with E-state index in [1.54, 1.807) is 0 Å². The highest BCUT2D eigenvalue weighted by molar-refractivity contribution is 6.36. The monoisotopic (exact) mass is 1040 g/mol. The number of benzene rings is 9. The molecule has 0 spiro atoms. The van der Waals surface area contributed by atoms with Crippen LogP contribution in [0.15, 0.2) is 213 Å². The standard InChI is InChI=1S/C24H22ClNO.C24H23NO.C23H21NO/c1-2-3-8-15-26-16-21(19-11-6-7-12-23(19)26)24(27)20-13-14-22(25)18-10-5-4-9-17(18)20;1-2-3-8-16-25-17-22(20-13-6-7-15-23(20)25)24(26)21-14-9-11-18-10-4-5-12-19(18)21;1-2-3-15-24-16-21(19-12-6-7-14-22(19)24)23(25)20-13-8-10-17-9-4-5-11-18(17)20/h4-7,9-14,16H,2-3,8,15H2,1H3;4-7,9-15,17H,2-3,8,16H2,1H3;4-14,16H,2-3,15H2,1H3. The lowest BCUT2D eigenvalue weighted by molar-refractivity contribution is 0.103. The Bertz CT molecular complexity index is 4090. The number of halogens is 1. The van der Waals surface area contributed by atoms with E-state index in [0.29, 0.717) is 10.6 Å². The molecule has 9 aromatic carbocycles. The molecule has 78 heavy (non-hydrogen) atoms. The van der Waals surface area contributed by atoms with Crippen LogP contribution in [-0.4, -0.2) is 31.1 Å². The summed E-state index contributed by atoms with van der Waals surface area (Å²) in [5.41, 5.74) is 8.01. The Morgan fingerprint density at radius 1 is 0.308 bits per heavy atom. The van der Waals surface area contributed by atoms with E-state index in [-0.39, 0.29) is 17.3 Å². The smallest absolute Gasteiger partial charge is 0.195 e. The van der Waals surface area contributed by atoms with Crippen molar-refractivity contribution in [1.82, 2.24) is 13.7 Å². The highest BCUT2D eigenvalue weighted by atomic mass is 35.5. The molecule has 3 aromatic heterocycles. The summed E-state index contributed by atoms with van der Waals surface area (Å²) in [6.45, 7) is 9.44. The molecule has 7 heteroatoms. The molecule has 390 valence electrons. The maximum absolute atomic E-state index is 13.5. The van der Waals surface area contributed by atoms with Crippen molar-refractivity contribution in [3.8, 4) is 0 Å². The minimum atomic E-state index is 0.0494. The molecule has 0 amide bonds. The van der Waals surface area contributed by atoms with Gasteiger partial charge in [-0.25, -0.2) is 0 Å². The third-order valence-corrected chi connectivity index (χ3v) is 15.4. The van der Waals surface area contributed by atoms with Crippen LogP contribution >= 0.6 is 11.6 Å². The zero-order chi connectivity index (χ0) is 54.0. The largest absolute Gasteiger partial charge is 0.347 e. The summed E-state index contributed by atoms with van der Waals surface area (Å²) in [6.07, 6.45) is 15.4. The highest BCUT2D eigenvalue weighted by Gasteiger charge is 2.22. The van der Waals surface area contributed by atoms with Crippen LogP contribution in [0.4, 0.5) is 0 Å². The first-order valence-electron chi connectivity index (χ1n) is 27.8. The third-order valence-electron chi connectivity index (χ3n) is 15.0. The molecule has 0 saturated carbocycles. The number of rotatable bonds is 17. The van der Waals surface area contributed by atoms with Crippen LogP contribution in [0, 0.1) is 0 Å². The highest BCUT2D eigenvalue weighted by Crippen LogP contribution is 2.33. The first-order valence-corrected chi connectivity index (χ1v) is 28.2. The van der Waals surface area contributed by atoms with Gasteiger partial charge in [0.25, 0.3) is 0 Å². The van der Waals surface area contributed by atoms with E-state index in [2.05, 4.69) is 89.1 Å². The number of unbranched alkanes of at least 4 members (excludes halogenated alkanes) is 5. The van der Waals surface area contributed by atoms with Gasteiger partial charge in [-0.05, 0) is 76.5 Å². The fourth-order valence-corrected chi connectivity index (χ4v) is 11.2. The number of carbonyl (C=O) groups excluding carboxylic acids is 3. The average molecular weight is 1040 g/mol. The molecule has 0 aliphatic heterocycles. The topological polar surface area (TPSA) is 66.0 Å². The molecule has 0 N–H and O–H groups in total. The minimum absolute atomic E-state index is 0.0494. The molecular weight excluding hydrogens is 978 g/mol. The molecule has 12 rings (SSSR count). The Hall–Kier alpha value is -8.32. The lowest BCUT2D eigenvalue weighted by Gasteiger charge is -2.07. The van der Waals surface area contributed by atoms with Crippen LogP contribution in [-0.2, 0) is 19.6 Å². The number of aromatic nitrogens is 3. The normalized spacial score (nSPS) is 11.3. The van der Waals surface area contributed by atoms with Crippen LogP contribution in [0.1, 0.15) is 120 Å². The third kappa shape index (κ3) is 11.1. The summed E-state index contributed by atoms with van der Waals surface area (Å²) < 4.78 is 6.68. The van der Waals surface area contributed by atoms with E-state index in [9.17, 15) is 14.4 Å². The SMILES string of the molecule is CCCCCn1cc(C(=O)c2ccc(Cl)c3ccccc23)c2ccccc21.CCCCCn1cc(C(=O)c2cccc3ccccc23)c2ccccc21.CCCCn1cc(C(=O)c2cccc3ccccc23)c2ccccc21. The molecule has 0 atom stereocenters. The summed E-state index contributed by atoms with van der Waals surface area (Å²) >= 11 is 6.33. The number of ketones is 3. The summed E-state index contributed by atoms with van der Waals surface area (Å²) in [5, 5.41) is 9.81. The van der Waals surface area contributed by atoms with Crippen molar-refractivity contribution in [2.45, 2.75) is 91.8 Å². The van der Waals surface area contributed by atoms with Gasteiger partial charge in [0.15, 0.2) is 17.3 Å². The Labute approximate surface area is 462 Å². The van der Waals surface area contributed by atoms with Gasteiger partial charge >= 0.3 is 0 Å². The minimum Gasteiger partial charge on any atom is -0.347 e. The molecular formula is C71H66ClN3O3. The first kappa shape index (κ1) is 53.1. The van der Waals surface area contributed by atoms with Crippen molar-refractivity contribution in [2.24, 2.45) is 0 Å². The van der Waals surface area contributed by atoms with Crippen molar-refractivity contribution in [2.75, 3.05) is 0 Å². The van der Waals surface area contributed by atoms with Crippen molar-refractivity contribution in [3.05, 3.63) is 251 Å². The fourth-order valence-electron chi connectivity index (χ4n) is 11.0. The van der Waals surface area contributed by atoms with Crippen LogP contribution in [0.5, 0.6) is 0 Å². The summed E-state index contributed by atoms with van der Waals surface area (Å²) in [4.78, 5) is 40.2. The number of hydrogen-bond donors (Lipinski definition) is 0. The molecule has 12 aromatic rings. The molecule has 3 heterocycles. The number of carbonyl (C=O) groups is 3. The van der Waals surface area contributed by atoms with E-state index in [1.807, 2.05) is 158 Å². The second-order valence-corrected chi connectivity index (χ2v) is 20.6. The van der Waals surface area contributed by atoms with Crippen LogP contribution < -0.4 is 0 Å². The van der Waals surface area contributed by atoms with Crippen molar-refractivity contribution in [1.29, 1.82) is 0 Å². The van der Waals surface area contributed by atoms with Gasteiger partial charge in [-0.15, -0.1) is 0 Å². The Morgan fingerprint density at radius 3 is 1.04 bits per heavy atom. The Kier molecular flexibility index (Phi) is 16.9. The number of nitrogens with zero attached hydrogens (tertiary/aromatic N) is 3. The Balaban J connectivity index is 0.000000132. The van der Waals surface area contributed by atoms with Gasteiger partial charge in [0, 0.05) is 115 Å². The predicted octanol–water partition coefficient (Wildman–Crippen LogP) is 18.9. The van der Waals surface area contributed by atoms with E-state index in [0.717, 1.165) is 138 Å². The van der Waals surface area contributed by atoms with Gasteiger partial charge in [0.1, 0.15) is 0 Å². The molecule has 0 bridgehead atoms. The predicted molar refractivity (Wildman–Crippen MR) is 327 cm³/mol. The van der Waals surface area contributed by atoms with Gasteiger partial charge in [0.2, 0.25) is 0 Å². The average Bonchev–Trinajstić information content (AvgIpc) is 4.27. The second kappa shape index (κ2) is 24.8. The molecule has 0 unspecified atom stereocenters. The number of para-hydroxylation sites is 3. The van der Waals surface area contributed by atoms with Gasteiger partial charge in [-0.3, -0.25) is 14.4 Å². The molecule has 0 radical (unpaired) electrons. The molecule has 6 nitrogen and oxygen atoms in total. The maximum atomic E-state index is 13.5. The van der Waals surface area contributed by atoms with E-state index in [1.165, 1.54) is 25.7 Å². The number of aryl methyl sites for hydroxylation is 3. The molecule has 0 fully saturated rings. The Morgan fingerprint density at radius 2 is 0.628 bits per heavy atom. The summed E-state index contributed by atoms with van der Waals surface area (Å²) in [5.74, 6) is 0.254. The number of fused-ring (bicyclic) bond motifs is 6.